The number of rotatable bonds is 7. The average Bonchev–Trinajstić information content (AvgIpc) is 2.42. The van der Waals surface area contributed by atoms with Crippen molar-refractivity contribution in [2.24, 2.45) is 11.7 Å². The van der Waals surface area contributed by atoms with Gasteiger partial charge in [-0.3, -0.25) is 4.79 Å². The molecule has 3 N–H and O–H groups in total. The lowest BCUT2D eigenvalue weighted by Gasteiger charge is -2.33. The minimum Gasteiger partial charge on any atom is -0.349 e. The minimum atomic E-state index is -0.317. The maximum atomic E-state index is 12.1. The van der Waals surface area contributed by atoms with Gasteiger partial charge in [0.2, 0.25) is 5.91 Å². The van der Waals surface area contributed by atoms with Gasteiger partial charge in [-0.05, 0) is 49.9 Å². The predicted octanol–water partition coefficient (Wildman–Crippen LogP) is 3.70. The van der Waals surface area contributed by atoms with E-state index >= 15 is 0 Å². The Bertz CT molecular complexity index is 494. The topological polar surface area (TPSA) is 55.1 Å². The van der Waals surface area contributed by atoms with Gasteiger partial charge in [0.1, 0.15) is 0 Å². The van der Waals surface area contributed by atoms with Gasteiger partial charge in [0.05, 0.1) is 5.54 Å². The molecule has 0 saturated carbocycles. The van der Waals surface area contributed by atoms with Gasteiger partial charge in [-0.15, -0.1) is 24.2 Å². The molecule has 1 aromatic carbocycles. The van der Waals surface area contributed by atoms with Crippen molar-refractivity contribution in [3.8, 4) is 0 Å². The summed E-state index contributed by atoms with van der Waals surface area (Å²) in [6.07, 6.45) is 0.514. The second kappa shape index (κ2) is 9.43. The SMILES string of the molecule is Cc1ccc(SCCC(=O)NC(C)(CN)C(C)C)cc1C.Cl. The first kappa shape index (κ1) is 21.3. The molecule has 0 saturated heterocycles. The van der Waals surface area contributed by atoms with Crippen LogP contribution < -0.4 is 11.1 Å². The zero-order valence-corrected chi connectivity index (χ0v) is 15.9. The van der Waals surface area contributed by atoms with Crippen molar-refractivity contribution in [2.75, 3.05) is 12.3 Å². The van der Waals surface area contributed by atoms with E-state index in [9.17, 15) is 4.79 Å². The van der Waals surface area contributed by atoms with E-state index < -0.39 is 0 Å². The van der Waals surface area contributed by atoms with Gasteiger partial charge in [-0.1, -0.05) is 19.9 Å². The van der Waals surface area contributed by atoms with Crippen molar-refractivity contribution < 1.29 is 4.79 Å². The van der Waals surface area contributed by atoms with Gasteiger partial charge in [-0.2, -0.15) is 0 Å². The number of carbonyl (C=O) groups excluding carboxylic acids is 1. The molecule has 1 aromatic rings. The van der Waals surface area contributed by atoms with Crippen molar-refractivity contribution in [2.45, 2.75) is 51.5 Å². The maximum Gasteiger partial charge on any atom is 0.221 e. The average molecular weight is 345 g/mol. The summed E-state index contributed by atoms with van der Waals surface area (Å²) in [6, 6.07) is 6.42. The molecule has 1 atom stereocenters. The second-order valence-electron chi connectivity index (χ2n) is 6.17. The van der Waals surface area contributed by atoms with Crippen LogP contribution in [0.3, 0.4) is 0 Å². The number of carbonyl (C=O) groups is 1. The lowest BCUT2D eigenvalue weighted by atomic mass is 9.88. The van der Waals surface area contributed by atoms with Gasteiger partial charge in [0, 0.05) is 23.6 Å². The highest BCUT2D eigenvalue weighted by Gasteiger charge is 2.28. The van der Waals surface area contributed by atoms with Gasteiger partial charge < -0.3 is 11.1 Å². The Labute approximate surface area is 145 Å². The van der Waals surface area contributed by atoms with E-state index in [-0.39, 0.29) is 23.9 Å². The van der Waals surface area contributed by atoms with Crippen molar-refractivity contribution >= 4 is 30.1 Å². The lowest BCUT2D eigenvalue weighted by Crippen LogP contribution is -2.55. The zero-order chi connectivity index (χ0) is 16.0. The molecule has 1 rings (SSSR count). The predicted molar refractivity (Wildman–Crippen MR) is 98.9 cm³/mol. The molecule has 5 heteroatoms. The van der Waals surface area contributed by atoms with E-state index in [0.29, 0.717) is 18.9 Å². The number of hydrogen-bond acceptors (Lipinski definition) is 3. The normalized spacial score (nSPS) is 13.4. The Balaban J connectivity index is 0.00000441. The summed E-state index contributed by atoms with van der Waals surface area (Å²) in [5, 5.41) is 3.07. The van der Waals surface area contributed by atoms with Gasteiger partial charge in [0.25, 0.3) is 0 Å². The Kier molecular flexibility index (Phi) is 9.13. The summed E-state index contributed by atoms with van der Waals surface area (Å²) in [7, 11) is 0. The van der Waals surface area contributed by atoms with Gasteiger partial charge >= 0.3 is 0 Å². The van der Waals surface area contributed by atoms with Crippen LogP contribution in [0.4, 0.5) is 0 Å². The monoisotopic (exact) mass is 344 g/mol. The Hall–Kier alpha value is -0.710. The molecule has 0 aromatic heterocycles. The standard InChI is InChI=1S/C17H28N2OS.ClH/c1-12(2)17(5,11-18)19-16(20)8-9-21-15-7-6-13(3)14(4)10-15;/h6-7,10,12H,8-9,11,18H2,1-5H3,(H,19,20);1H. The van der Waals surface area contributed by atoms with Gasteiger partial charge in [-0.25, -0.2) is 0 Å². The first-order valence-corrected chi connectivity index (χ1v) is 8.48. The number of benzene rings is 1. The van der Waals surface area contributed by atoms with Crippen molar-refractivity contribution in [3.05, 3.63) is 29.3 Å². The molecule has 1 amide bonds. The van der Waals surface area contributed by atoms with E-state index in [1.165, 1.54) is 16.0 Å². The number of amides is 1. The molecule has 0 fully saturated rings. The smallest absolute Gasteiger partial charge is 0.221 e. The largest absolute Gasteiger partial charge is 0.349 e. The molecule has 0 aliphatic heterocycles. The third-order valence-electron chi connectivity index (χ3n) is 4.20. The number of nitrogens with two attached hydrogens (primary N) is 1. The summed E-state index contributed by atoms with van der Waals surface area (Å²) in [5.41, 5.74) is 8.06. The van der Waals surface area contributed by atoms with Crippen LogP contribution in [0.25, 0.3) is 0 Å². The fraction of sp³-hybridized carbons (Fsp3) is 0.588. The lowest BCUT2D eigenvalue weighted by molar-refractivity contribution is -0.122. The molecular formula is C17H29ClN2OS. The maximum absolute atomic E-state index is 12.1. The minimum absolute atomic E-state index is 0. The summed E-state index contributed by atoms with van der Waals surface area (Å²) < 4.78 is 0. The van der Waals surface area contributed by atoms with Crippen molar-refractivity contribution in [1.82, 2.24) is 5.32 Å². The third-order valence-corrected chi connectivity index (χ3v) is 5.20. The molecule has 0 heterocycles. The van der Waals surface area contributed by atoms with E-state index in [1.54, 1.807) is 11.8 Å². The third kappa shape index (κ3) is 6.19. The number of aryl methyl sites for hydroxylation is 2. The van der Waals surface area contributed by atoms with Crippen LogP contribution in [0.2, 0.25) is 0 Å². The summed E-state index contributed by atoms with van der Waals surface area (Å²) in [4.78, 5) is 13.3. The van der Waals surface area contributed by atoms with Crippen LogP contribution in [0.15, 0.2) is 23.1 Å². The number of thioether (sulfide) groups is 1. The fourth-order valence-corrected chi connectivity index (χ4v) is 2.82. The molecule has 0 aliphatic carbocycles. The van der Waals surface area contributed by atoms with E-state index in [1.807, 2.05) is 6.92 Å². The molecule has 0 bridgehead atoms. The van der Waals surface area contributed by atoms with Crippen LogP contribution >= 0.6 is 24.2 Å². The molecule has 3 nitrogen and oxygen atoms in total. The Morgan fingerprint density at radius 1 is 1.32 bits per heavy atom. The highest BCUT2D eigenvalue weighted by Crippen LogP contribution is 2.22. The van der Waals surface area contributed by atoms with Crippen LogP contribution in [0.1, 0.15) is 38.3 Å². The number of halogens is 1. The summed E-state index contributed by atoms with van der Waals surface area (Å²) in [6.45, 7) is 10.8. The first-order valence-electron chi connectivity index (χ1n) is 7.49. The van der Waals surface area contributed by atoms with Crippen LogP contribution in [0, 0.1) is 19.8 Å². The highest BCUT2D eigenvalue weighted by atomic mass is 35.5. The number of nitrogens with one attached hydrogen (secondary N) is 1. The molecule has 0 spiro atoms. The fourth-order valence-electron chi connectivity index (χ4n) is 1.88. The molecule has 22 heavy (non-hydrogen) atoms. The van der Waals surface area contributed by atoms with E-state index in [2.05, 4.69) is 51.2 Å². The van der Waals surface area contributed by atoms with Crippen molar-refractivity contribution in [1.29, 1.82) is 0 Å². The Morgan fingerprint density at radius 2 is 1.95 bits per heavy atom. The van der Waals surface area contributed by atoms with Crippen molar-refractivity contribution in [3.63, 3.8) is 0 Å². The van der Waals surface area contributed by atoms with E-state index in [4.69, 9.17) is 5.73 Å². The second-order valence-corrected chi connectivity index (χ2v) is 7.34. The van der Waals surface area contributed by atoms with Crippen LogP contribution in [0.5, 0.6) is 0 Å². The molecule has 126 valence electrons. The van der Waals surface area contributed by atoms with Crippen LogP contribution in [-0.2, 0) is 4.79 Å². The van der Waals surface area contributed by atoms with E-state index in [0.717, 1.165) is 5.75 Å². The Morgan fingerprint density at radius 3 is 2.45 bits per heavy atom. The summed E-state index contributed by atoms with van der Waals surface area (Å²) >= 11 is 1.72. The van der Waals surface area contributed by atoms with Crippen LogP contribution in [-0.4, -0.2) is 23.7 Å². The molecule has 0 aliphatic rings. The zero-order valence-electron chi connectivity index (χ0n) is 14.2. The first-order chi connectivity index (χ1) is 9.78. The molecule has 0 radical (unpaired) electrons. The summed E-state index contributed by atoms with van der Waals surface area (Å²) in [5.74, 6) is 1.18. The highest BCUT2D eigenvalue weighted by molar-refractivity contribution is 7.99. The molecular weight excluding hydrogens is 316 g/mol. The molecule has 1 unspecified atom stereocenters. The quantitative estimate of drug-likeness (QED) is 0.741. The number of hydrogen-bond donors (Lipinski definition) is 2. The van der Waals surface area contributed by atoms with Gasteiger partial charge in [0.15, 0.2) is 0 Å².